The van der Waals surface area contributed by atoms with Crippen LogP contribution in [-0.4, -0.2) is 28.2 Å². The predicted molar refractivity (Wildman–Crippen MR) is 127 cm³/mol. The van der Waals surface area contributed by atoms with Gasteiger partial charge in [-0.1, -0.05) is 18.2 Å². The molecule has 5 nitrogen and oxygen atoms in total. The highest BCUT2D eigenvalue weighted by Gasteiger charge is 2.32. The van der Waals surface area contributed by atoms with Gasteiger partial charge in [0, 0.05) is 29.5 Å². The van der Waals surface area contributed by atoms with E-state index < -0.39 is 17.6 Å². The third-order valence-electron chi connectivity index (χ3n) is 5.69. The number of amides is 2. The number of hydrogen-bond acceptors (Lipinski definition) is 5. The van der Waals surface area contributed by atoms with E-state index in [9.17, 15) is 22.8 Å². The van der Waals surface area contributed by atoms with Gasteiger partial charge in [0.1, 0.15) is 10.0 Å². The number of carbonyl (C=O) groups excluding carboxylic acids is 2. The van der Waals surface area contributed by atoms with Crippen molar-refractivity contribution >= 4 is 49.7 Å². The number of hydrogen-bond donors (Lipinski definition) is 1. The van der Waals surface area contributed by atoms with Crippen LogP contribution in [0.3, 0.4) is 0 Å². The van der Waals surface area contributed by atoms with Crippen LogP contribution < -0.4 is 5.32 Å². The number of nitrogens with one attached hydrogen (secondary N) is 1. The molecule has 0 saturated carbocycles. The van der Waals surface area contributed by atoms with Gasteiger partial charge in [0.15, 0.2) is 0 Å². The lowest BCUT2D eigenvalue weighted by molar-refractivity contribution is -0.137. The van der Waals surface area contributed by atoms with E-state index in [2.05, 4.69) is 5.32 Å². The average Bonchev–Trinajstić information content (AvgIpc) is 3.38. The minimum atomic E-state index is -4.54. The summed E-state index contributed by atoms with van der Waals surface area (Å²) in [5.74, 6) is -0.661. The van der Waals surface area contributed by atoms with Crippen LogP contribution in [0.2, 0.25) is 0 Å². The molecule has 1 aliphatic heterocycles. The summed E-state index contributed by atoms with van der Waals surface area (Å²) in [5, 5.41) is 4.08. The molecule has 2 aromatic carbocycles. The van der Waals surface area contributed by atoms with Crippen molar-refractivity contribution in [1.82, 2.24) is 9.88 Å². The second-order valence-corrected chi connectivity index (χ2v) is 10.1. The molecule has 0 spiro atoms. The zero-order chi connectivity index (χ0) is 24.0. The van der Waals surface area contributed by atoms with Crippen molar-refractivity contribution < 1.29 is 22.8 Å². The van der Waals surface area contributed by atoms with E-state index >= 15 is 0 Å². The average molecular weight is 502 g/mol. The molecule has 0 aliphatic carbocycles. The van der Waals surface area contributed by atoms with Gasteiger partial charge in [0.05, 0.1) is 22.3 Å². The van der Waals surface area contributed by atoms with Crippen molar-refractivity contribution in [3.63, 3.8) is 0 Å². The highest BCUT2D eigenvalue weighted by Crippen LogP contribution is 2.46. The van der Waals surface area contributed by atoms with Crippen molar-refractivity contribution in [2.75, 3.05) is 11.9 Å². The van der Waals surface area contributed by atoms with Crippen LogP contribution in [0.5, 0.6) is 0 Å². The molecule has 4 aromatic rings. The van der Waals surface area contributed by atoms with Gasteiger partial charge in [-0.05, 0) is 42.3 Å². The van der Waals surface area contributed by atoms with Gasteiger partial charge < -0.3 is 10.2 Å². The predicted octanol–water partition coefficient (Wildman–Crippen LogP) is 6.20. The molecule has 174 valence electrons. The molecule has 0 saturated heterocycles. The van der Waals surface area contributed by atoms with E-state index in [1.54, 1.807) is 4.90 Å². The molecule has 10 heteroatoms. The number of benzene rings is 2. The third-order valence-corrected chi connectivity index (χ3v) is 7.88. The molecular weight excluding hydrogens is 483 g/mol. The number of alkyl halides is 3. The van der Waals surface area contributed by atoms with Gasteiger partial charge >= 0.3 is 6.18 Å². The summed E-state index contributed by atoms with van der Waals surface area (Å²) in [4.78, 5) is 32.3. The first kappa shape index (κ1) is 22.5. The zero-order valence-electron chi connectivity index (χ0n) is 17.9. The fraction of sp³-hybridized carbons (Fsp3) is 0.208. The van der Waals surface area contributed by atoms with Crippen LogP contribution in [0, 0.1) is 0 Å². The van der Waals surface area contributed by atoms with Crippen LogP contribution >= 0.6 is 22.7 Å². The van der Waals surface area contributed by atoms with Crippen LogP contribution in [-0.2, 0) is 23.9 Å². The number of anilines is 1. The lowest BCUT2D eigenvalue weighted by Gasteiger charge is -2.26. The first-order chi connectivity index (χ1) is 16.2. The fourth-order valence-electron chi connectivity index (χ4n) is 3.98. The maximum absolute atomic E-state index is 13.1. The lowest BCUT2D eigenvalue weighted by atomic mass is 10.0. The molecule has 1 aliphatic rings. The van der Waals surface area contributed by atoms with E-state index in [4.69, 9.17) is 4.98 Å². The number of para-hydroxylation sites is 1. The topological polar surface area (TPSA) is 62.3 Å². The van der Waals surface area contributed by atoms with Crippen LogP contribution in [0.25, 0.3) is 20.8 Å². The van der Waals surface area contributed by atoms with Crippen LogP contribution in [0.1, 0.15) is 33.3 Å². The second-order valence-electron chi connectivity index (χ2n) is 7.92. The summed E-state index contributed by atoms with van der Waals surface area (Å²) in [5.41, 5.74) is 1.67. The summed E-state index contributed by atoms with van der Waals surface area (Å²) >= 11 is 2.83. The van der Waals surface area contributed by atoms with Gasteiger partial charge in [-0.2, -0.15) is 13.2 Å². The fourth-order valence-corrected chi connectivity index (χ4v) is 6.35. The van der Waals surface area contributed by atoms with Gasteiger partial charge in [-0.15, -0.1) is 22.7 Å². The number of nitrogens with zero attached hydrogens (tertiary/aromatic N) is 2. The summed E-state index contributed by atoms with van der Waals surface area (Å²) in [6, 6.07) is 12.1. The monoisotopic (exact) mass is 501 g/mol. The quantitative estimate of drug-likeness (QED) is 0.364. The number of rotatable bonds is 3. The molecule has 0 atom stereocenters. The molecular formula is C24H18F3N3O2S2. The number of carbonyl (C=O) groups is 2. The van der Waals surface area contributed by atoms with E-state index in [-0.39, 0.29) is 11.5 Å². The molecule has 0 radical (unpaired) electrons. The Labute approximate surface area is 200 Å². The maximum atomic E-state index is 13.1. The normalized spacial score (nSPS) is 13.7. The van der Waals surface area contributed by atoms with E-state index in [1.807, 2.05) is 24.3 Å². The highest BCUT2D eigenvalue weighted by molar-refractivity contribution is 7.23. The number of thiophene rings is 1. The minimum absolute atomic E-state index is 0.0323. The molecule has 1 N–H and O–H groups in total. The summed E-state index contributed by atoms with van der Waals surface area (Å²) < 4.78 is 40.4. The van der Waals surface area contributed by atoms with Crippen molar-refractivity contribution in [3.05, 3.63) is 70.1 Å². The Kier molecular flexibility index (Phi) is 5.65. The smallest absolute Gasteiger partial charge is 0.337 e. The van der Waals surface area contributed by atoms with Crippen LogP contribution in [0.4, 0.5) is 18.2 Å². The summed E-state index contributed by atoms with van der Waals surface area (Å²) in [6.45, 7) is 2.49. The summed E-state index contributed by atoms with van der Waals surface area (Å²) in [6.07, 6.45) is -3.93. The van der Waals surface area contributed by atoms with Gasteiger partial charge in [-0.25, -0.2) is 4.98 Å². The molecule has 0 fully saturated rings. The molecule has 2 aromatic heterocycles. The van der Waals surface area contributed by atoms with E-state index in [0.717, 1.165) is 43.4 Å². The highest BCUT2D eigenvalue weighted by atomic mass is 32.1. The van der Waals surface area contributed by atoms with Crippen molar-refractivity contribution in [2.24, 2.45) is 0 Å². The molecule has 5 rings (SSSR count). The minimum Gasteiger partial charge on any atom is -0.337 e. The van der Waals surface area contributed by atoms with Gasteiger partial charge in [0.25, 0.3) is 5.91 Å². The first-order valence-corrected chi connectivity index (χ1v) is 12.1. The zero-order valence-corrected chi connectivity index (χ0v) is 19.5. The molecule has 34 heavy (non-hydrogen) atoms. The maximum Gasteiger partial charge on any atom is 0.416 e. The number of fused-ring (bicyclic) bond motifs is 2. The Bertz CT molecular complexity index is 1390. The van der Waals surface area contributed by atoms with E-state index in [1.165, 1.54) is 41.7 Å². The Morgan fingerprint density at radius 1 is 1.09 bits per heavy atom. The van der Waals surface area contributed by atoms with E-state index in [0.29, 0.717) is 24.5 Å². The number of thiazole rings is 1. The number of halogens is 3. The molecule has 3 heterocycles. The van der Waals surface area contributed by atoms with Gasteiger partial charge in [0.2, 0.25) is 5.91 Å². The largest absolute Gasteiger partial charge is 0.416 e. The Balaban J connectivity index is 1.56. The lowest BCUT2D eigenvalue weighted by Crippen LogP contribution is -2.33. The van der Waals surface area contributed by atoms with Crippen molar-refractivity contribution in [1.29, 1.82) is 0 Å². The Morgan fingerprint density at radius 3 is 2.62 bits per heavy atom. The standard InChI is InChI=1S/C24H18F3N3O2S2/c1-13(31)30-10-9-16-19(12-30)34-23(20(16)22-28-17-7-2-3-8-18(17)33-22)29-21(32)14-5-4-6-15(11-14)24(25,26)27/h2-8,11H,9-10,12H2,1H3,(H,29,32). The van der Waals surface area contributed by atoms with Gasteiger partial charge in [-0.3, -0.25) is 9.59 Å². The Morgan fingerprint density at radius 2 is 1.88 bits per heavy atom. The number of aromatic nitrogens is 1. The molecule has 0 unspecified atom stereocenters. The molecule has 0 bridgehead atoms. The second kappa shape index (κ2) is 8.52. The third kappa shape index (κ3) is 4.19. The molecule has 2 amide bonds. The van der Waals surface area contributed by atoms with Crippen molar-refractivity contribution in [3.8, 4) is 10.6 Å². The van der Waals surface area contributed by atoms with Crippen LogP contribution in [0.15, 0.2) is 48.5 Å². The Hall–Kier alpha value is -3.24. The SMILES string of the molecule is CC(=O)N1CCc2c(sc(NC(=O)c3cccc(C(F)(F)F)c3)c2-c2nc3ccccc3s2)C1. The van der Waals surface area contributed by atoms with Crippen molar-refractivity contribution in [2.45, 2.75) is 26.1 Å². The first-order valence-electron chi connectivity index (χ1n) is 10.5. The summed E-state index contributed by atoms with van der Waals surface area (Å²) in [7, 11) is 0.